The molecule has 0 atom stereocenters. The van der Waals surface area contributed by atoms with Crippen LogP contribution in [0.2, 0.25) is 0 Å². The van der Waals surface area contributed by atoms with E-state index < -0.39 is 30.2 Å². The van der Waals surface area contributed by atoms with Crippen LogP contribution in [0.25, 0.3) is 11.3 Å². The SMILES string of the molecule is C.CCCc1ccc2nc(C#N)cn2n1.CCCc1ccc2nc(C(N)=O)cn2n1.O=C(OC(=O)C(F)(F)F)C(F)(F)F. The molecule has 43 heavy (non-hydrogen) atoms. The van der Waals surface area contributed by atoms with Crippen molar-refractivity contribution in [1.29, 1.82) is 5.26 Å². The molecule has 18 heteroatoms. The van der Waals surface area contributed by atoms with Crippen LogP contribution in [0, 0.1) is 11.3 Å². The number of carbonyl (C=O) groups is 3. The number of primary amides is 1. The Kier molecular flexibility index (Phi) is 12.7. The Morgan fingerprint density at radius 3 is 1.67 bits per heavy atom. The Bertz CT molecular complexity index is 1580. The monoisotopic (exact) mass is 616 g/mol. The minimum atomic E-state index is -5.62. The lowest BCUT2D eigenvalue weighted by atomic mass is 10.2. The fourth-order valence-corrected chi connectivity index (χ4v) is 2.99. The van der Waals surface area contributed by atoms with Crippen LogP contribution in [-0.4, -0.2) is 59.4 Å². The van der Waals surface area contributed by atoms with Gasteiger partial charge in [0.25, 0.3) is 5.91 Å². The third-order valence-corrected chi connectivity index (χ3v) is 4.78. The summed E-state index contributed by atoms with van der Waals surface area (Å²) in [6.07, 6.45) is -4.07. The van der Waals surface area contributed by atoms with Gasteiger partial charge in [0.2, 0.25) is 0 Å². The molecule has 0 aliphatic heterocycles. The van der Waals surface area contributed by atoms with Crippen molar-refractivity contribution in [2.24, 2.45) is 5.73 Å². The van der Waals surface area contributed by atoms with Gasteiger partial charge >= 0.3 is 24.3 Å². The number of hydrogen-bond acceptors (Lipinski definition) is 9. The van der Waals surface area contributed by atoms with Gasteiger partial charge in [-0.1, -0.05) is 34.1 Å². The van der Waals surface area contributed by atoms with Crippen molar-refractivity contribution in [2.75, 3.05) is 0 Å². The second-order valence-electron chi connectivity index (χ2n) is 8.16. The Labute approximate surface area is 240 Å². The summed E-state index contributed by atoms with van der Waals surface area (Å²) in [6.45, 7) is 4.20. The van der Waals surface area contributed by atoms with Gasteiger partial charge in [-0.3, -0.25) is 4.79 Å². The summed E-state index contributed by atoms with van der Waals surface area (Å²) in [4.78, 5) is 38.3. The van der Waals surface area contributed by atoms with Gasteiger partial charge in [0.05, 0.1) is 23.8 Å². The van der Waals surface area contributed by atoms with E-state index in [1.54, 1.807) is 21.4 Å². The first-order valence-corrected chi connectivity index (χ1v) is 11.9. The summed E-state index contributed by atoms with van der Waals surface area (Å²) < 4.78 is 72.9. The van der Waals surface area contributed by atoms with E-state index in [1.165, 1.54) is 0 Å². The number of hydrogen-bond donors (Lipinski definition) is 1. The number of fused-ring (bicyclic) bond motifs is 2. The normalized spacial score (nSPS) is 10.9. The summed E-state index contributed by atoms with van der Waals surface area (Å²) in [6, 6.07) is 9.59. The molecule has 232 valence electrons. The first-order chi connectivity index (χ1) is 19.6. The zero-order valence-corrected chi connectivity index (χ0v) is 21.9. The Morgan fingerprint density at radius 1 is 0.837 bits per heavy atom. The van der Waals surface area contributed by atoms with Gasteiger partial charge in [-0.05, 0) is 37.1 Å². The van der Waals surface area contributed by atoms with Crippen molar-refractivity contribution in [3.8, 4) is 6.07 Å². The zero-order chi connectivity index (χ0) is 31.7. The highest BCUT2D eigenvalue weighted by Crippen LogP contribution is 2.21. The molecule has 4 aromatic heterocycles. The number of carbonyl (C=O) groups excluding carboxylic acids is 3. The van der Waals surface area contributed by atoms with Crippen LogP contribution >= 0.6 is 0 Å². The van der Waals surface area contributed by atoms with E-state index >= 15 is 0 Å². The average Bonchev–Trinajstić information content (AvgIpc) is 3.52. The third-order valence-electron chi connectivity index (χ3n) is 4.78. The molecule has 0 spiro atoms. The van der Waals surface area contributed by atoms with Crippen molar-refractivity contribution >= 4 is 29.1 Å². The van der Waals surface area contributed by atoms with Crippen LogP contribution < -0.4 is 5.73 Å². The number of ether oxygens (including phenoxy) is 1. The Morgan fingerprint density at radius 2 is 1.28 bits per heavy atom. The maximum absolute atomic E-state index is 11.2. The van der Waals surface area contributed by atoms with Gasteiger partial charge in [0.15, 0.2) is 17.0 Å². The molecule has 4 heterocycles. The first kappa shape index (κ1) is 35.9. The highest BCUT2D eigenvalue weighted by molar-refractivity contribution is 5.91. The van der Waals surface area contributed by atoms with E-state index in [0.717, 1.165) is 42.7 Å². The standard InChI is InChI=1S/C10H12N4O.C10H10N4.C4F6O3.CH4/c1-2-3-7-4-5-9-12-8(10(11)15)6-14(9)13-7;1-2-3-8-4-5-10-12-9(6-11)7-14(10)13-8;5-3(6,7)1(11)13-2(12)4(8,9)10;/h4-6H,2-3H2,1H3,(H2,11,15);4-5,7H,2-3H2,1H3;;1H4. The van der Waals surface area contributed by atoms with E-state index in [2.05, 4.69) is 38.7 Å². The second kappa shape index (κ2) is 15.2. The number of esters is 2. The van der Waals surface area contributed by atoms with Crippen LogP contribution in [0.3, 0.4) is 0 Å². The van der Waals surface area contributed by atoms with Gasteiger partial charge in [-0.2, -0.15) is 41.8 Å². The molecule has 4 aromatic rings. The molecular formula is C25H26F6N8O4. The number of nitrogens with zero attached hydrogens (tertiary/aromatic N) is 7. The number of aryl methyl sites for hydroxylation is 2. The molecule has 12 nitrogen and oxygen atoms in total. The number of halogens is 6. The lowest BCUT2D eigenvalue weighted by molar-refractivity contribution is -0.221. The fraction of sp³-hybridized carbons (Fsp3) is 0.360. The molecule has 2 N–H and O–H groups in total. The molecule has 0 bridgehead atoms. The number of imidazole rings is 2. The molecule has 0 aliphatic rings. The number of rotatable bonds is 5. The smallest absolute Gasteiger partial charge is 0.380 e. The van der Waals surface area contributed by atoms with Crippen LogP contribution in [0.1, 0.15) is 61.7 Å². The molecule has 4 rings (SSSR count). The summed E-state index contributed by atoms with van der Waals surface area (Å²) in [5.41, 5.74) is 9.17. The maximum atomic E-state index is 11.2. The van der Waals surface area contributed by atoms with Gasteiger partial charge in [0.1, 0.15) is 11.8 Å². The molecule has 0 aromatic carbocycles. The lowest BCUT2D eigenvalue weighted by Gasteiger charge is -2.06. The third kappa shape index (κ3) is 10.7. The summed E-state index contributed by atoms with van der Waals surface area (Å²) in [7, 11) is 0. The second-order valence-corrected chi connectivity index (χ2v) is 8.16. The van der Waals surface area contributed by atoms with Gasteiger partial charge in [-0.15, -0.1) is 0 Å². The molecule has 0 unspecified atom stereocenters. The molecule has 0 saturated heterocycles. The van der Waals surface area contributed by atoms with Crippen LogP contribution in [0.15, 0.2) is 36.7 Å². The molecular weight excluding hydrogens is 590 g/mol. The first-order valence-electron chi connectivity index (χ1n) is 11.9. The predicted octanol–water partition coefficient (Wildman–Crippen LogP) is 4.15. The van der Waals surface area contributed by atoms with Gasteiger partial charge < -0.3 is 10.5 Å². The minimum Gasteiger partial charge on any atom is -0.380 e. The highest BCUT2D eigenvalue weighted by Gasteiger charge is 2.49. The molecule has 0 fully saturated rings. The average molecular weight is 617 g/mol. The van der Waals surface area contributed by atoms with E-state index in [-0.39, 0.29) is 13.1 Å². The van der Waals surface area contributed by atoms with Gasteiger partial charge in [-0.25, -0.2) is 28.6 Å². The number of nitriles is 1. The number of amides is 1. The van der Waals surface area contributed by atoms with E-state index in [4.69, 9.17) is 11.0 Å². The van der Waals surface area contributed by atoms with Crippen molar-refractivity contribution in [3.63, 3.8) is 0 Å². The summed E-state index contributed by atoms with van der Waals surface area (Å²) >= 11 is 0. The fourth-order valence-electron chi connectivity index (χ4n) is 2.99. The van der Waals surface area contributed by atoms with Crippen LogP contribution in [-0.2, 0) is 27.2 Å². The Hall–Kier alpha value is -5.08. The van der Waals surface area contributed by atoms with Crippen molar-refractivity contribution < 1.29 is 45.5 Å². The van der Waals surface area contributed by atoms with Crippen LogP contribution in [0.5, 0.6) is 0 Å². The van der Waals surface area contributed by atoms with E-state index in [1.807, 2.05) is 30.3 Å². The lowest BCUT2D eigenvalue weighted by Crippen LogP contribution is -2.34. The van der Waals surface area contributed by atoms with Crippen molar-refractivity contribution in [2.45, 2.75) is 59.3 Å². The Balaban J connectivity index is 0.000000320. The number of nitrogens with two attached hydrogens (primary N) is 1. The molecule has 0 radical (unpaired) electrons. The van der Waals surface area contributed by atoms with E-state index in [0.29, 0.717) is 11.3 Å². The largest absolute Gasteiger partial charge is 0.491 e. The van der Waals surface area contributed by atoms with Gasteiger partial charge in [0, 0.05) is 0 Å². The molecule has 0 aliphatic carbocycles. The number of aromatic nitrogens is 6. The molecule has 1 amide bonds. The number of alkyl halides is 6. The van der Waals surface area contributed by atoms with Crippen molar-refractivity contribution in [3.05, 3.63) is 59.4 Å². The maximum Gasteiger partial charge on any atom is 0.491 e. The van der Waals surface area contributed by atoms with E-state index in [9.17, 15) is 40.7 Å². The zero-order valence-electron chi connectivity index (χ0n) is 21.9. The highest BCUT2D eigenvalue weighted by atomic mass is 19.4. The molecule has 0 saturated carbocycles. The minimum absolute atomic E-state index is 0. The van der Waals surface area contributed by atoms with Crippen LogP contribution in [0.4, 0.5) is 26.3 Å². The quantitative estimate of drug-likeness (QED) is 0.197. The predicted molar refractivity (Wildman–Crippen MR) is 137 cm³/mol. The summed E-state index contributed by atoms with van der Waals surface area (Å²) in [5.74, 6) is -6.93. The topological polar surface area (TPSA) is 171 Å². The van der Waals surface area contributed by atoms with Crippen molar-refractivity contribution in [1.82, 2.24) is 29.2 Å². The summed E-state index contributed by atoms with van der Waals surface area (Å²) in [5, 5.41) is 17.3.